The Labute approximate surface area is 127 Å². The van der Waals surface area contributed by atoms with Crippen LogP contribution in [-0.2, 0) is 13.0 Å². The Morgan fingerprint density at radius 3 is 3.05 bits per heavy atom. The fraction of sp³-hybridized carbons (Fsp3) is 0.533. The van der Waals surface area contributed by atoms with Gasteiger partial charge < -0.3 is 4.57 Å². The minimum atomic E-state index is -0.249. The summed E-state index contributed by atoms with van der Waals surface area (Å²) in [6, 6.07) is 5.17. The third kappa shape index (κ3) is 2.56. The van der Waals surface area contributed by atoms with Crippen LogP contribution in [0, 0.1) is 5.82 Å². The van der Waals surface area contributed by atoms with Gasteiger partial charge in [-0.2, -0.15) is 11.8 Å². The van der Waals surface area contributed by atoms with E-state index in [-0.39, 0.29) is 10.6 Å². The Morgan fingerprint density at radius 2 is 2.35 bits per heavy atom. The van der Waals surface area contributed by atoms with E-state index in [0.29, 0.717) is 17.8 Å². The Hall–Kier alpha value is -0.740. The maximum atomic E-state index is 13.9. The van der Waals surface area contributed by atoms with Gasteiger partial charge >= 0.3 is 0 Å². The lowest BCUT2D eigenvalue weighted by atomic mass is 10.1. The molecule has 20 heavy (non-hydrogen) atoms. The first kappa shape index (κ1) is 14.2. The number of alkyl halides is 1. The van der Waals surface area contributed by atoms with Crippen LogP contribution in [0.15, 0.2) is 18.2 Å². The van der Waals surface area contributed by atoms with E-state index >= 15 is 0 Å². The lowest BCUT2D eigenvalue weighted by molar-refractivity contribution is 0.507. The van der Waals surface area contributed by atoms with E-state index in [1.807, 2.05) is 17.8 Å². The van der Waals surface area contributed by atoms with Crippen molar-refractivity contribution in [2.24, 2.45) is 0 Å². The summed E-state index contributed by atoms with van der Waals surface area (Å²) >= 11 is 7.88. The van der Waals surface area contributed by atoms with E-state index in [0.717, 1.165) is 17.9 Å². The van der Waals surface area contributed by atoms with Gasteiger partial charge in [-0.3, -0.25) is 0 Å². The SMILES string of the molecule is CC1(Cn2c(CCCl)nc3c(F)cccc32)CCCS1. The summed E-state index contributed by atoms with van der Waals surface area (Å²) in [6.45, 7) is 3.17. The summed E-state index contributed by atoms with van der Waals surface area (Å²) in [4.78, 5) is 4.47. The van der Waals surface area contributed by atoms with Crippen molar-refractivity contribution in [3.8, 4) is 0 Å². The highest BCUT2D eigenvalue weighted by Gasteiger charge is 2.31. The van der Waals surface area contributed by atoms with Gasteiger partial charge in [0, 0.05) is 23.6 Å². The van der Waals surface area contributed by atoms with Crippen molar-refractivity contribution in [1.29, 1.82) is 0 Å². The second kappa shape index (κ2) is 5.57. The molecule has 0 saturated carbocycles. The largest absolute Gasteiger partial charge is 0.326 e. The molecule has 0 amide bonds. The molecule has 0 spiro atoms. The number of nitrogens with zero attached hydrogens (tertiary/aromatic N) is 2. The summed E-state index contributed by atoms with van der Waals surface area (Å²) < 4.78 is 16.3. The van der Waals surface area contributed by atoms with Gasteiger partial charge in [0.1, 0.15) is 11.3 Å². The summed E-state index contributed by atoms with van der Waals surface area (Å²) in [7, 11) is 0. The van der Waals surface area contributed by atoms with Crippen molar-refractivity contribution in [3.05, 3.63) is 29.8 Å². The highest BCUT2D eigenvalue weighted by molar-refractivity contribution is 8.00. The smallest absolute Gasteiger partial charge is 0.151 e. The number of imidazole rings is 1. The van der Waals surface area contributed by atoms with Gasteiger partial charge in [0.05, 0.1) is 5.52 Å². The number of thioether (sulfide) groups is 1. The minimum absolute atomic E-state index is 0.223. The standard InChI is InChI=1S/C15H18ClFN2S/c1-15(7-3-9-20-15)10-19-12-5-2-4-11(17)14(12)18-13(19)6-8-16/h2,4-5H,3,6-10H2,1H3. The zero-order valence-corrected chi connectivity index (χ0v) is 13.1. The predicted molar refractivity (Wildman–Crippen MR) is 84.2 cm³/mol. The molecule has 1 aliphatic rings. The van der Waals surface area contributed by atoms with Crippen molar-refractivity contribution >= 4 is 34.4 Å². The second-order valence-electron chi connectivity index (χ2n) is 5.56. The van der Waals surface area contributed by atoms with E-state index in [1.54, 1.807) is 6.07 Å². The monoisotopic (exact) mass is 312 g/mol. The van der Waals surface area contributed by atoms with E-state index < -0.39 is 0 Å². The molecule has 2 aromatic rings. The summed E-state index contributed by atoms with van der Waals surface area (Å²) in [5.74, 6) is 2.37. The van der Waals surface area contributed by atoms with Crippen LogP contribution in [0.25, 0.3) is 11.0 Å². The molecule has 1 aromatic carbocycles. The van der Waals surface area contributed by atoms with Crippen molar-refractivity contribution in [1.82, 2.24) is 9.55 Å². The number of hydrogen-bond donors (Lipinski definition) is 0. The molecule has 2 nitrogen and oxygen atoms in total. The molecule has 0 bridgehead atoms. The molecule has 3 rings (SSSR count). The van der Waals surface area contributed by atoms with Gasteiger partial charge in [-0.25, -0.2) is 9.37 Å². The van der Waals surface area contributed by atoms with Gasteiger partial charge in [-0.05, 0) is 37.7 Å². The van der Waals surface area contributed by atoms with E-state index in [2.05, 4.69) is 16.5 Å². The average molecular weight is 313 g/mol. The molecule has 0 radical (unpaired) electrons. The molecular formula is C15H18ClFN2S. The Balaban J connectivity index is 2.06. The summed E-state index contributed by atoms with van der Waals surface area (Å²) in [5.41, 5.74) is 1.36. The molecule has 1 saturated heterocycles. The number of rotatable bonds is 4. The molecule has 1 atom stereocenters. The lowest BCUT2D eigenvalue weighted by Gasteiger charge is -2.24. The third-order valence-electron chi connectivity index (χ3n) is 3.92. The zero-order valence-electron chi connectivity index (χ0n) is 11.5. The number of fused-ring (bicyclic) bond motifs is 1. The number of aryl methyl sites for hydroxylation is 1. The van der Waals surface area contributed by atoms with Gasteiger partial charge in [0.15, 0.2) is 5.82 Å². The lowest BCUT2D eigenvalue weighted by Crippen LogP contribution is -2.25. The quantitative estimate of drug-likeness (QED) is 0.786. The number of hydrogen-bond acceptors (Lipinski definition) is 2. The first-order chi connectivity index (χ1) is 9.63. The topological polar surface area (TPSA) is 17.8 Å². The molecule has 1 aliphatic heterocycles. The Kier molecular flexibility index (Phi) is 3.95. The fourth-order valence-corrected chi connectivity index (χ4v) is 4.37. The molecule has 1 unspecified atom stereocenters. The summed E-state index contributed by atoms with van der Waals surface area (Å²) in [6.07, 6.45) is 3.14. The normalized spacial score (nSPS) is 22.8. The first-order valence-corrected chi connectivity index (χ1v) is 8.48. The highest BCUT2D eigenvalue weighted by Crippen LogP contribution is 2.40. The Morgan fingerprint density at radius 1 is 1.50 bits per heavy atom. The molecule has 108 valence electrons. The van der Waals surface area contributed by atoms with Gasteiger partial charge in [0.2, 0.25) is 0 Å². The van der Waals surface area contributed by atoms with E-state index in [4.69, 9.17) is 11.6 Å². The van der Waals surface area contributed by atoms with Crippen LogP contribution < -0.4 is 0 Å². The van der Waals surface area contributed by atoms with Crippen LogP contribution >= 0.6 is 23.4 Å². The van der Waals surface area contributed by atoms with Crippen LogP contribution in [0.5, 0.6) is 0 Å². The van der Waals surface area contributed by atoms with Crippen LogP contribution in [0.2, 0.25) is 0 Å². The predicted octanol–water partition coefficient (Wildman–Crippen LogP) is 4.24. The summed E-state index contributed by atoms with van der Waals surface area (Å²) in [5, 5.41) is 0. The van der Waals surface area contributed by atoms with Crippen molar-refractivity contribution in [3.63, 3.8) is 0 Å². The maximum Gasteiger partial charge on any atom is 0.151 e. The average Bonchev–Trinajstić information content (AvgIpc) is 2.98. The number of para-hydroxylation sites is 1. The maximum absolute atomic E-state index is 13.9. The van der Waals surface area contributed by atoms with Gasteiger partial charge in [-0.15, -0.1) is 11.6 Å². The van der Waals surface area contributed by atoms with E-state index in [9.17, 15) is 4.39 Å². The third-order valence-corrected chi connectivity index (χ3v) is 5.63. The van der Waals surface area contributed by atoms with Crippen LogP contribution in [0.3, 0.4) is 0 Å². The second-order valence-corrected chi connectivity index (χ2v) is 7.62. The molecule has 2 heterocycles. The van der Waals surface area contributed by atoms with Gasteiger partial charge in [0.25, 0.3) is 0 Å². The fourth-order valence-electron chi connectivity index (χ4n) is 2.91. The molecule has 0 aliphatic carbocycles. The zero-order chi connectivity index (χ0) is 14.2. The number of benzene rings is 1. The van der Waals surface area contributed by atoms with Crippen molar-refractivity contribution < 1.29 is 4.39 Å². The minimum Gasteiger partial charge on any atom is -0.326 e. The first-order valence-electron chi connectivity index (χ1n) is 6.96. The molecular weight excluding hydrogens is 295 g/mol. The molecule has 1 fully saturated rings. The number of halogens is 2. The highest BCUT2D eigenvalue weighted by atomic mass is 35.5. The van der Waals surface area contributed by atoms with Crippen molar-refractivity contribution in [2.45, 2.75) is 37.5 Å². The van der Waals surface area contributed by atoms with E-state index in [1.165, 1.54) is 24.7 Å². The van der Waals surface area contributed by atoms with Crippen LogP contribution in [0.4, 0.5) is 4.39 Å². The number of aromatic nitrogens is 2. The molecule has 1 aromatic heterocycles. The molecule has 5 heteroatoms. The van der Waals surface area contributed by atoms with Crippen LogP contribution in [0.1, 0.15) is 25.6 Å². The van der Waals surface area contributed by atoms with Crippen LogP contribution in [-0.4, -0.2) is 25.9 Å². The Bertz CT molecular complexity index is 620. The molecule has 0 N–H and O–H groups in total. The van der Waals surface area contributed by atoms with Crippen molar-refractivity contribution in [2.75, 3.05) is 11.6 Å². The van der Waals surface area contributed by atoms with Gasteiger partial charge in [-0.1, -0.05) is 6.07 Å².